The van der Waals surface area contributed by atoms with Gasteiger partial charge >= 0.3 is 5.97 Å². The normalized spacial score (nSPS) is 38.5. The zero-order valence-electron chi connectivity index (χ0n) is 25.4. The highest BCUT2D eigenvalue weighted by Gasteiger charge is 2.62. The molecule has 0 aromatic rings. The third-order valence-corrected chi connectivity index (χ3v) is 12.4. The summed E-state index contributed by atoms with van der Waals surface area (Å²) in [6, 6.07) is 0. The van der Waals surface area contributed by atoms with Gasteiger partial charge in [0.25, 0.3) is 0 Å². The SMILES string of the molecule is COC(=O)CC[C@@H](C)[C@H]1CC[C@H]2[C@@H]3[C@H](O[Si](C)(C)C)CC4=CC(O[Si](C)(C)C)=CC[C@]4(C)[C@H]3CC[C@]12C. The lowest BCUT2D eigenvalue weighted by molar-refractivity contribution is -0.141. The molecule has 0 unspecified atom stereocenters. The van der Waals surface area contributed by atoms with Crippen LogP contribution in [0.5, 0.6) is 0 Å². The summed E-state index contributed by atoms with van der Waals surface area (Å²) in [6.07, 6.45) is 14.0. The molecule has 0 aliphatic heterocycles. The van der Waals surface area contributed by atoms with Gasteiger partial charge in [0.2, 0.25) is 8.32 Å². The summed E-state index contributed by atoms with van der Waals surface area (Å²) in [5.74, 6) is 4.28. The van der Waals surface area contributed by atoms with Crippen LogP contribution in [-0.4, -0.2) is 35.8 Å². The standard InChI is InChI=1S/C31H54O4Si2/c1-21(11-14-28(32)33-4)24-12-13-25-29-26(16-18-31(24,25)3)30(2)17-15-23(34-36(5,6)7)19-22(30)20-27(29)35-37(8,9)10/h15,19,21,24-27,29H,11-14,16-18,20H2,1-10H3/t21-,24-,25+,26+,27-,29+,30+,31-/m1/s1. The summed E-state index contributed by atoms with van der Waals surface area (Å²) in [7, 11) is -1.85. The van der Waals surface area contributed by atoms with Gasteiger partial charge < -0.3 is 13.6 Å². The molecular weight excluding hydrogens is 493 g/mol. The van der Waals surface area contributed by atoms with E-state index in [1.54, 1.807) is 5.57 Å². The van der Waals surface area contributed by atoms with Crippen LogP contribution in [0.1, 0.15) is 72.1 Å². The summed E-state index contributed by atoms with van der Waals surface area (Å²) in [4.78, 5) is 11.9. The topological polar surface area (TPSA) is 44.8 Å². The van der Waals surface area contributed by atoms with E-state index < -0.39 is 16.6 Å². The summed E-state index contributed by atoms with van der Waals surface area (Å²) in [5, 5.41) is 0. The van der Waals surface area contributed by atoms with E-state index in [1.807, 2.05) is 0 Å². The smallest absolute Gasteiger partial charge is 0.305 e. The average Bonchev–Trinajstić information content (AvgIpc) is 3.13. The first-order chi connectivity index (χ1) is 17.1. The van der Waals surface area contributed by atoms with Crippen LogP contribution in [0.15, 0.2) is 23.5 Å². The molecule has 0 aromatic heterocycles. The van der Waals surface area contributed by atoms with Gasteiger partial charge in [0.05, 0.1) is 19.0 Å². The second-order valence-corrected chi connectivity index (χ2v) is 24.1. The Morgan fingerprint density at radius 3 is 2.38 bits per heavy atom. The lowest BCUT2D eigenvalue weighted by Crippen LogP contribution is -2.57. The second kappa shape index (κ2) is 10.3. The molecule has 0 spiro atoms. The van der Waals surface area contributed by atoms with Crippen molar-refractivity contribution < 1.29 is 18.4 Å². The van der Waals surface area contributed by atoms with Gasteiger partial charge in [-0.15, -0.1) is 0 Å². The molecule has 0 bridgehead atoms. The summed E-state index contributed by atoms with van der Waals surface area (Å²) in [5.41, 5.74) is 2.13. The van der Waals surface area contributed by atoms with Crippen LogP contribution < -0.4 is 0 Å². The Morgan fingerprint density at radius 1 is 1.05 bits per heavy atom. The van der Waals surface area contributed by atoms with E-state index >= 15 is 0 Å². The number of carbonyl (C=O) groups excluding carboxylic acids is 1. The van der Waals surface area contributed by atoms with Crippen molar-refractivity contribution >= 4 is 22.6 Å². The van der Waals surface area contributed by atoms with Gasteiger partial charge in [-0.1, -0.05) is 26.3 Å². The molecule has 37 heavy (non-hydrogen) atoms. The van der Waals surface area contributed by atoms with E-state index in [-0.39, 0.29) is 11.4 Å². The number of ether oxygens (including phenoxy) is 1. The molecular formula is C31H54O4Si2. The molecule has 4 rings (SSSR count). The molecule has 0 saturated heterocycles. The first-order valence-corrected chi connectivity index (χ1v) is 21.7. The van der Waals surface area contributed by atoms with E-state index in [2.05, 4.69) is 72.2 Å². The number of carbonyl (C=O) groups is 1. The van der Waals surface area contributed by atoms with E-state index in [0.29, 0.717) is 47.5 Å². The van der Waals surface area contributed by atoms with Crippen LogP contribution >= 0.6 is 0 Å². The van der Waals surface area contributed by atoms with Gasteiger partial charge in [-0.3, -0.25) is 4.79 Å². The number of hydrogen-bond acceptors (Lipinski definition) is 4. The van der Waals surface area contributed by atoms with Crippen molar-refractivity contribution in [3.63, 3.8) is 0 Å². The zero-order valence-corrected chi connectivity index (χ0v) is 27.4. The third kappa shape index (κ3) is 5.86. The monoisotopic (exact) mass is 546 g/mol. The first-order valence-electron chi connectivity index (χ1n) is 14.9. The van der Waals surface area contributed by atoms with Gasteiger partial charge in [-0.25, -0.2) is 0 Å². The number of rotatable bonds is 8. The third-order valence-electron chi connectivity index (χ3n) is 10.5. The van der Waals surface area contributed by atoms with Crippen LogP contribution in [0.4, 0.5) is 0 Å². The number of allylic oxidation sites excluding steroid dienone is 2. The quantitative estimate of drug-likeness (QED) is 0.227. The minimum atomic E-state index is -1.71. The fourth-order valence-corrected chi connectivity index (χ4v) is 11.0. The molecule has 4 aliphatic carbocycles. The van der Waals surface area contributed by atoms with Gasteiger partial charge in [-0.2, -0.15) is 0 Å². The van der Waals surface area contributed by atoms with Crippen LogP contribution in [0.3, 0.4) is 0 Å². The molecule has 0 aromatic carbocycles. The number of hydrogen-bond donors (Lipinski definition) is 0. The Labute approximate surface area is 229 Å². The van der Waals surface area contributed by atoms with Crippen molar-refractivity contribution in [1.29, 1.82) is 0 Å². The van der Waals surface area contributed by atoms with Crippen molar-refractivity contribution in [2.75, 3.05) is 7.11 Å². The van der Waals surface area contributed by atoms with Crippen molar-refractivity contribution in [1.82, 2.24) is 0 Å². The first kappa shape index (κ1) is 29.1. The number of methoxy groups -OCH3 is 1. The van der Waals surface area contributed by atoms with Gasteiger partial charge in [0.15, 0.2) is 8.32 Å². The Bertz CT molecular complexity index is 928. The Hall–Kier alpha value is -0.856. The van der Waals surface area contributed by atoms with E-state index in [1.165, 1.54) is 32.8 Å². The Balaban J connectivity index is 1.63. The van der Waals surface area contributed by atoms with Crippen molar-refractivity contribution in [3.8, 4) is 0 Å². The fraction of sp³-hybridized carbons (Fsp3) is 0.839. The molecule has 4 aliphatic rings. The molecule has 0 N–H and O–H groups in total. The maximum absolute atomic E-state index is 11.9. The van der Waals surface area contributed by atoms with Gasteiger partial charge in [0, 0.05) is 6.42 Å². The largest absolute Gasteiger partial charge is 0.545 e. The highest BCUT2D eigenvalue weighted by Crippen LogP contribution is 2.68. The zero-order chi connectivity index (χ0) is 27.4. The molecule has 8 atom stereocenters. The molecule has 6 heteroatoms. The van der Waals surface area contributed by atoms with Crippen molar-refractivity contribution in [2.45, 2.75) is 118 Å². The predicted molar refractivity (Wildman–Crippen MR) is 157 cm³/mol. The lowest BCUT2D eigenvalue weighted by Gasteiger charge is -2.61. The summed E-state index contributed by atoms with van der Waals surface area (Å²) < 4.78 is 18.5. The molecule has 3 saturated carbocycles. The number of fused-ring (bicyclic) bond motifs is 5. The predicted octanol–water partition coefficient (Wildman–Crippen LogP) is 8.33. The van der Waals surface area contributed by atoms with E-state index in [4.69, 9.17) is 13.6 Å². The Morgan fingerprint density at radius 2 is 1.76 bits per heavy atom. The van der Waals surface area contributed by atoms with Gasteiger partial charge in [0.1, 0.15) is 0 Å². The van der Waals surface area contributed by atoms with E-state index in [0.717, 1.165) is 25.0 Å². The van der Waals surface area contributed by atoms with Crippen LogP contribution in [0, 0.1) is 40.4 Å². The molecule has 210 valence electrons. The average molecular weight is 547 g/mol. The van der Waals surface area contributed by atoms with E-state index in [9.17, 15) is 4.79 Å². The summed E-state index contributed by atoms with van der Waals surface area (Å²) in [6.45, 7) is 21.4. The maximum Gasteiger partial charge on any atom is 0.305 e. The summed E-state index contributed by atoms with van der Waals surface area (Å²) >= 11 is 0. The minimum absolute atomic E-state index is 0.0683. The van der Waals surface area contributed by atoms with Crippen molar-refractivity contribution in [3.05, 3.63) is 23.5 Å². The molecule has 0 heterocycles. The highest BCUT2D eigenvalue weighted by atomic mass is 28.4. The van der Waals surface area contributed by atoms with Gasteiger partial charge in [-0.05, 0) is 137 Å². The molecule has 0 amide bonds. The lowest BCUT2D eigenvalue weighted by atomic mass is 9.46. The number of esters is 1. The molecule has 3 fully saturated rings. The molecule has 4 nitrogen and oxygen atoms in total. The minimum Gasteiger partial charge on any atom is -0.545 e. The fourth-order valence-electron chi connectivity index (χ4n) is 8.95. The van der Waals surface area contributed by atoms with Crippen LogP contribution in [0.2, 0.25) is 39.3 Å². The van der Waals surface area contributed by atoms with Crippen LogP contribution in [0.25, 0.3) is 0 Å². The highest BCUT2D eigenvalue weighted by molar-refractivity contribution is 6.70. The maximum atomic E-state index is 11.9. The molecule has 0 radical (unpaired) electrons. The van der Waals surface area contributed by atoms with Crippen LogP contribution in [-0.2, 0) is 18.4 Å². The van der Waals surface area contributed by atoms with Crippen molar-refractivity contribution in [2.24, 2.45) is 40.4 Å². The Kier molecular flexibility index (Phi) is 8.09. The second-order valence-electron chi connectivity index (χ2n) is 15.2.